The third-order valence-electron chi connectivity index (χ3n) is 8.65. The molecule has 2 aromatic heterocycles. The van der Waals surface area contributed by atoms with Crippen molar-refractivity contribution < 1.29 is 19.8 Å². The molecule has 44 heavy (non-hydrogen) atoms. The summed E-state index contributed by atoms with van der Waals surface area (Å²) in [6.45, 7) is 4.40. The van der Waals surface area contributed by atoms with Crippen LogP contribution < -0.4 is 11.0 Å². The maximum Gasteiger partial charge on any atom is 0.280 e. The Morgan fingerprint density at radius 2 is 1.82 bits per heavy atom. The SMILES string of the molecule is CCCc1c(Cc2ccc(-c3ccccc3C3=NC(O)ON3)cc2)c(=O)n(C2CCC(OCC(O)CC)CC2)c2ncnn12. The van der Waals surface area contributed by atoms with Gasteiger partial charge in [0, 0.05) is 23.6 Å². The smallest absolute Gasteiger partial charge is 0.280 e. The quantitative estimate of drug-likeness (QED) is 0.236. The Labute approximate surface area is 256 Å². The van der Waals surface area contributed by atoms with E-state index in [1.807, 2.05) is 52.4 Å². The number of aliphatic imine (C=N–C) groups is 1. The number of amidine groups is 1. The lowest BCUT2D eigenvalue weighted by Crippen LogP contribution is -2.35. The first-order valence-electron chi connectivity index (χ1n) is 15.6. The summed E-state index contributed by atoms with van der Waals surface area (Å²) in [5, 5.41) is 24.1. The molecule has 2 atom stereocenters. The highest BCUT2D eigenvalue weighted by Crippen LogP contribution is 2.31. The molecule has 3 N–H and O–H groups in total. The van der Waals surface area contributed by atoms with Crippen LogP contribution in [0.5, 0.6) is 0 Å². The number of aliphatic hydroxyl groups excluding tert-OH is 2. The number of benzene rings is 2. The summed E-state index contributed by atoms with van der Waals surface area (Å²) in [4.78, 5) is 27.9. The number of hydrogen-bond acceptors (Lipinski definition) is 9. The number of nitrogens with one attached hydrogen (secondary N) is 1. The van der Waals surface area contributed by atoms with Crippen LogP contribution in [0.3, 0.4) is 0 Å². The zero-order chi connectivity index (χ0) is 30.6. The van der Waals surface area contributed by atoms with Crippen LogP contribution in [0.1, 0.15) is 80.8 Å². The molecule has 6 rings (SSSR count). The lowest BCUT2D eigenvalue weighted by molar-refractivity contribution is -0.102. The van der Waals surface area contributed by atoms with Gasteiger partial charge < -0.3 is 14.9 Å². The third kappa shape index (κ3) is 6.18. The van der Waals surface area contributed by atoms with E-state index in [1.165, 1.54) is 6.33 Å². The second-order valence-corrected chi connectivity index (χ2v) is 11.6. The molecule has 2 aromatic carbocycles. The molecule has 0 radical (unpaired) electrons. The van der Waals surface area contributed by atoms with E-state index < -0.39 is 12.5 Å². The molecule has 2 unspecified atom stereocenters. The molecule has 0 bridgehead atoms. The maximum absolute atomic E-state index is 14.3. The number of aryl methyl sites for hydroxylation is 1. The van der Waals surface area contributed by atoms with E-state index in [0.29, 0.717) is 31.1 Å². The average Bonchev–Trinajstić information content (AvgIpc) is 3.72. The summed E-state index contributed by atoms with van der Waals surface area (Å²) in [5.74, 6) is 1.07. The van der Waals surface area contributed by atoms with Crippen molar-refractivity contribution in [2.24, 2.45) is 4.99 Å². The highest BCUT2D eigenvalue weighted by Gasteiger charge is 2.28. The molecule has 4 aromatic rings. The molecule has 1 saturated carbocycles. The highest BCUT2D eigenvalue weighted by molar-refractivity contribution is 6.04. The zero-order valence-electron chi connectivity index (χ0n) is 25.2. The van der Waals surface area contributed by atoms with E-state index in [4.69, 9.17) is 9.57 Å². The van der Waals surface area contributed by atoms with Gasteiger partial charge in [-0.2, -0.15) is 10.1 Å². The first kappa shape index (κ1) is 30.1. The summed E-state index contributed by atoms with van der Waals surface area (Å²) in [7, 11) is 0. The predicted octanol–water partition coefficient (Wildman–Crippen LogP) is 3.93. The third-order valence-corrected chi connectivity index (χ3v) is 8.65. The Morgan fingerprint density at radius 3 is 2.50 bits per heavy atom. The Hall–Kier alpha value is -3.90. The lowest BCUT2D eigenvalue weighted by atomic mass is 9.92. The van der Waals surface area contributed by atoms with Crippen molar-refractivity contribution in [2.45, 2.75) is 89.9 Å². The van der Waals surface area contributed by atoms with Crippen molar-refractivity contribution in [3.8, 4) is 11.1 Å². The van der Waals surface area contributed by atoms with Gasteiger partial charge in [-0.15, -0.1) is 0 Å². The minimum absolute atomic E-state index is 0.00183. The van der Waals surface area contributed by atoms with Crippen molar-refractivity contribution in [1.82, 2.24) is 24.6 Å². The fourth-order valence-corrected chi connectivity index (χ4v) is 6.26. The number of nitrogens with zero attached hydrogens (tertiary/aromatic N) is 5. The highest BCUT2D eigenvalue weighted by atomic mass is 16.7. The summed E-state index contributed by atoms with van der Waals surface area (Å²) in [6.07, 6.45) is 5.98. The molecule has 232 valence electrons. The Balaban J connectivity index is 1.28. The zero-order valence-corrected chi connectivity index (χ0v) is 25.2. The Bertz CT molecular complexity index is 1670. The largest absolute Gasteiger partial charge is 0.391 e. The van der Waals surface area contributed by atoms with E-state index >= 15 is 0 Å². The Morgan fingerprint density at radius 1 is 1.07 bits per heavy atom. The summed E-state index contributed by atoms with van der Waals surface area (Å²) in [5.41, 5.74) is 8.13. The number of aromatic nitrogens is 4. The van der Waals surface area contributed by atoms with Crippen LogP contribution in [-0.2, 0) is 22.4 Å². The number of fused-ring (bicyclic) bond motifs is 1. The van der Waals surface area contributed by atoms with Crippen LogP contribution in [-0.4, -0.2) is 60.4 Å². The van der Waals surface area contributed by atoms with Crippen molar-refractivity contribution in [2.75, 3.05) is 6.61 Å². The molecular formula is C33H40N6O5. The fourth-order valence-electron chi connectivity index (χ4n) is 6.26. The summed E-state index contributed by atoms with van der Waals surface area (Å²) >= 11 is 0. The van der Waals surface area contributed by atoms with Crippen molar-refractivity contribution in [1.29, 1.82) is 0 Å². The molecule has 11 heteroatoms. The summed E-state index contributed by atoms with van der Waals surface area (Å²) in [6, 6.07) is 16.0. The number of hydroxylamine groups is 1. The molecule has 0 saturated heterocycles. The van der Waals surface area contributed by atoms with Gasteiger partial charge in [0.15, 0.2) is 5.84 Å². The van der Waals surface area contributed by atoms with Crippen LogP contribution in [0, 0.1) is 0 Å². The van der Waals surface area contributed by atoms with E-state index in [0.717, 1.165) is 72.0 Å². The molecular weight excluding hydrogens is 560 g/mol. The minimum Gasteiger partial charge on any atom is -0.391 e. The topological polar surface area (TPSA) is 136 Å². The van der Waals surface area contributed by atoms with E-state index in [-0.39, 0.29) is 17.7 Å². The molecule has 1 fully saturated rings. The second-order valence-electron chi connectivity index (χ2n) is 11.6. The molecule has 1 aliphatic heterocycles. The molecule has 0 amide bonds. The van der Waals surface area contributed by atoms with Gasteiger partial charge in [0.2, 0.25) is 5.78 Å². The second kappa shape index (κ2) is 13.4. The average molecular weight is 601 g/mol. The van der Waals surface area contributed by atoms with E-state index in [9.17, 15) is 15.0 Å². The van der Waals surface area contributed by atoms with Crippen LogP contribution in [0.15, 0.2) is 64.6 Å². The monoisotopic (exact) mass is 600 g/mol. The standard InChI is InChI=1S/C33H40N6O5/c1-3-7-29-28(18-21-10-12-22(13-11-21)26-8-5-6-9-27(26)30-36-33(42)44-37-30)31(41)38(32-34-20-35-39(29)32)23-14-16-25(17-15-23)43-19-24(40)4-2/h5-6,8-13,20,23-25,33,40,42H,3-4,7,14-19H2,1-2H3,(H,36,37). The lowest BCUT2D eigenvalue weighted by Gasteiger charge is -2.31. The summed E-state index contributed by atoms with van der Waals surface area (Å²) < 4.78 is 9.68. The number of rotatable bonds is 11. The molecule has 2 aliphatic rings. The molecule has 3 heterocycles. The van der Waals surface area contributed by atoms with Crippen LogP contribution in [0.4, 0.5) is 0 Å². The van der Waals surface area contributed by atoms with Gasteiger partial charge in [-0.1, -0.05) is 68.8 Å². The van der Waals surface area contributed by atoms with Crippen molar-refractivity contribution in [3.05, 3.63) is 87.6 Å². The number of ether oxygens (including phenoxy) is 1. The Kier molecular flexibility index (Phi) is 9.17. The molecule has 0 spiro atoms. The van der Waals surface area contributed by atoms with Gasteiger partial charge in [0.25, 0.3) is 12.0 Å². The van der Waals surface area contributed by atoms with Gasteiger partial charge in [0.1, 0.15) is 6.33 Å². The number of hydrogen-bond donors (Lipinski definition) is 3. The molecule has 11 nitrogen and oxygen atoms in total. The normalized spacial score (nSPS) is 20.9. The first-order chi connectivity index (χ1) is 21.5. The van der Waals surface area contributed by atoms with E-state index in [1.54, 1.807) is 0 Å². The van der Waals surface area contributed by atoms with Crippen molar-refractivity contribution in [3.63, 3.8) is 0 Å². The van der Waals surface area contributed by atoms with Crippen LogP contribution in [0.25, 0.3) is 16.9 Å². The van der Waals surface area contributed by atoms with Gasteiger partial charge in [-0.25, -0.2) is 19.8 Å². The van der Waals surface area contributed by atoms with Gasteiger partial charge >= 0.3 is 0 Å². The maximum atomic E-state index is 14.3. The van der Waals surface area contributed by atoms with Crippen molar-refractivity contribution >= 4 is 11.6 Å². The minimum atomic E-state index is -1.23. The van der Waals surface area contributed by atoms with Crippen LogP contribution in [0.2, 0.25) is 0 Å². The van der Waals surface area contributed by atoms with Gasteiger partial charge in [0.05, 0.1) is 24.5 Å². The number of aliphatic hydroxyl groups is 2. The van der Waals surface area contributed by atoms with Gasteiger partial charge in [-0.05, 0) is 55.2 Å². The van der Waals surface area contributed by atoms with E-state index in [2.05, 4.69) is 39.6 Å². The van der Waals surface area contributed by atoms with Gasteiger partial charge in [-0.3, -0.25) is 9.36 Å². The predicted molar refractivity (Wildman–Crippen MR) is 166 cm³/mol. The van der Waals surface area contributed by atoms with Crippen LogP contribution >= 0.6 is 0 Å². The fraction of sp³-hybridized carbons (Fsp3) is 0.455. The molecule has 1 aliphatic carbocycles. The first-order valence-corrected chi connectivity index (χ1v) is 15.6.